The highest BCUT2D eigenvalue weighted by Crippen LogP contribution is 2.10. The van der Waals surface area contributed by atoms with Crippen molar-refractivity contribution in [1.29, 1.82) is 0 Å². The topological polar surface area (TPSA) is 52.3 Å². The van der Waals surface area contributed by atoms with Gasteiger partial charge < -0.3 is 10.5 Å². The van der Waals surface area contributed by atoms with Gasteiger partial charge >= 0.3 is 0 Å². The van der Waals surface area contributed by atoms with Crippen LogP contribution < -0.4 is 10.5 Å². The highest BCUT2D eigenvalue weighted by atomic mass is 16.5. The zero-order chi connectivity index (χ0) is 10.3. The molecule has 72 valence electrons. The molecule has 0 fully saturated rings. The third kappa shape index (κ3) is 3.60. The summed E-state index contributed by atoms with van der Waals surface area (Å²) in [5.41, 5.74) is 5.52. The van der Waals surface area contributed by atoms with Crippen molar-refractivity contribution < 1.29 is 9.53 Å². The van der Waals surface area contributed by atoms with Gasteiger partial charge in [0.05, 0.1) is 7.11 Å². The molecule has 0 saturated heterocycles. The number of carbonyl (C=O) groups excluding carboxylic acids is 1. The molecule has 3 heteroatoms. The highest BCUT2D eigenvalue weighted by Gasteiger charge is 1.98. The Morgan fingerprint density at radius 1 is 1.23 bits per heavy atom. The van der Waals surface area contributed by atoms with E-state index in [0.29, 0.717) is 5.56 Å². The summed E-state index contributed by atoms with van der Waals surface area (Å²) in [5.74, 6) is 0.294. The van der Waals surface area contributed by atoms with Gasteiger partial charge in [-0.2, -0.15) is 0 Å². The molecule has 0 aromatic heterocycles. The molecule has 0 radical (unpaired) electrons. The minimum absolute atomic E-state index is 0.423. The maximum Gasteiger partial charge on any atom is 0.248 e. The molecule has 0 aliphatic heterocycles. The van der Waals surface area contributed by atoms with Crippen molar-refractivity contribution in [2.45, 2.75) is 13.8 Å². The molecular formula is C10H15NO2. The monoisotopic (exact) mass is 181 g/mol. The number of nitrogens with two attached hydrogens (primary N) is 1. The van der Waals surface area contributed by atoms with E-state index in [9.17, 15) is 4.79 Å². The summed E-state index contributed by atoms with van der Waals surface area (Å²) >= 11 is 0. The van der Waals surface area contributed by atoms with Crippen LogP contribution in [-0.4, -0.2) is 13.0 Å². The molecule has 0 aliphatic carbocycles. The number of rotatable bonds is 2. The second-order valence-electron chi connectivity index (χ2n) is 2.09. The van der Waals surface area contributed by atoms with Gasteiger partial charge in [-0.05, 0) is 24.3 Å². The Morgan fingerprint density at radius 2 is 1.69 bits per heavy atom. The number of primary amides is 1. The highest BCUT2D eigenvalue weighted by molar-refractivity contribution is 5.92. The van der Waals surface area contributed by atoms with Gasteiger partial charge in [-0.15, -0.1) is 0 Å². The van der Waals surface area contributed by atoms with Crippen LogP contribution >= 0.6 is 0 Å². The van der Waals surface area contributed by atoms with Crippen molar-refractivity contribution in [2.75, 3.05) is 7.11 Å². The van der Waals surface area contributed by atoms with Crippen LogP contribution in [0.4, 0.5) is 0 Å². The van der Waals surface area contributed by atoms with E-state index in [0.717, 1.165) is 5.75 Å². The standard InChI is InChI=1S/C8H9NO2.C2H6/c1-11-7-4-2-6(3-5-7)8(9)10;1-2/h2-5H,1H3,(H2,9,10);1-2H3. The van der Waals surface area contributed by atoms with Crippen LogP contribution in [0.5, 0.6) is 5.75 Å². The predicted octanol–water partition coefficient (Wildman–Crippen LogP) is 1.82. The summed E-state index contributed by atoms with van der Waals surface area (Å²) in [4.78, 5) is 10.6. The van der Waals surface area contributed by atoms with Gasteiger partial charge in [-0.1, -0.05) is 13.8 Å². The average molecular weight is 181 g/mol. The summed E-state index contributed by atoms with van der Waals surface area (Å²) in [6.45, 7) is 4.00. The average Bonchev–Trinajstić information content (AvgIpc) is 2.21. The van der Waals surface area contributed by atoms with E-state index in [-0.39, 0.29) is 0 Å². The first-order valence-electron chi connectivity index (χ1n) is 4.18. The zero-order valence-corrected chi connectivity index (χ0v) is 8.20. The summed E-state index contributed by atoms with van der Waals surface area (Å²) in [5, 5.41) is 0. The Morgan fingerprint density at radius 3 is 2.00 bits per heavy atom. The minimum Gasteiger partial charge on any atom is -0.497 e. The van der Waals surface area contributed by atoms with E-state index in [2.05, 4.69) is 0 Å². The van der Waals surface area contributed by atoms with Crippen molar-refractivity contribution in [3.63, 3.8) is 0 Å². The number of methoxy groups -OCH3 is 1. The molecule has 2 N–H and O–H groups in total. The molecule has 0 saturated carbocycles. The van der Waals surface area contributed by atoms with E-state index in [1.54, 1.807) is 31.4 Å². The fourth-order valence-electron chi connectivity index (χ4n) is 0.755. The number of benzene rings is 1. The van der Waals surface area contributed by atoms with Crippen molar-refractivity contribution >= 4 is 5.91 Å². The molecule has 0 atom stereocenters. The van der Waals surface area contributed by atoms with E-state index in [1.165, 1.54) is 0 Å². The molecule has 0 spiro atoms. The van der Waals surface area contributed by atoms with Crippen LogP contribution in [0.15, 0.2) is 24.3 Å². The number of ether oxygens (including phenoxy) is 1. The van der Waals surface area contributed by atoms with Crippen molar-refractivity contribution in [3.05, 3.63) is 29.8 Å². The van der Waals surface area contributed by atoms with E-state index < -0.39 is 5.91 Å². The molecular weight excluding hydrogens is 166 g/mol. The first kappa shape index (κ1) is 11.5. The van der Waals surface area contributed by atoms with Crippen molar-refractivity contribution in [3.8, 4) is 5.75 Å². The molecule has 0 aliphatic rings. The van der Waals surface area contributed by atoms with Crippen LogP contribution in [0.25, 0.3) is 0 Å². The molecule has 1 aromatic carbocycles. The first-order chi connectivity index (χ1) is 6.24. The van der Waals surface area contributed by atoms with Gasteiger partial charge in [0, 0.05) is 5.56 Å². The Labute approximate surface area is 78.5 Å². The lowest BCUT2D eigenvalue weighted by Crippen LogP contribution is -2.10. The molecule has 0 bridgehead atoms. The van der Waals surface area contributed by atoms with Crippen LogP contribution in [0.1, 0.15) is 24.2 Å². The SMILES string of the molecule is CC.COc1ccc(C(N)=O)cc1. The third-order valence-electron chi connectivity index (χ3n) is 1.37. The van der Waals surface area contributed by atoms with E-state index in [1.807, 2.05) is 13.8 Å². The number of hydrogen-bond acceptors (Lipinski definition) is 2. The van der Waals surface area contributed by atoms with Gasteiger partial charge in [0.1, 0.15) is 5.75 Å². The number of carbonyl (C=O) groups is 1. The normalized spacial score (nSPS) is 8.23. The Hall–Kier alpha value is -1.51. The molecule has 3 nitrogen and oxygen atoms in total. The summed E-state index contributed by atoms with van der Waals surface area (Å²) < 4.78 is 4.90. The van der Waals surface area contributed by atoms with Crippen LogP contribution in [0, 0.1) is 0 Å². The van der Waals surface area contributed by atoms with Gasteiger partial charge in [0.15, 0.2) is 0 Å². The minimum atomic E-state index is -0.423. The molecule has 1 amide bonds. The summed E-state index contributed by atoms with van der Waals surface area (Å²) in [6, 6.07) is 6.64. The largest absolute Gasteiger partial charge is 0.497 e. The third-order valence-corrected chi connectivity index (χ3v) is 1.37. The fourth-order valence-corrected chi connectivity index (χ4v) is 0.755. The maximum absolute atomic E-state index is 10.6. The van der Waals surface area contributed by atoms with E-state index in [4.69, 9.17) is 10.5 Å². The second-order valence-corrected chi connectivity index (χ2v) is 2.09. The molecule has 0 unspecified atom stereocenters. The molecule has 1 aromatic rings. The zero-order valence-electron chi connectivity index (χ0n) is 8.20. The fraction of sp³-hybridized carbons (Fsp3) is 0.300. The Kier molecular flexibility index (Phi) is 5.35. The second kappa shape index (κ2) is 6.06. The van der Waals surface area contributed by atoms with Crippen LogP contribution in [0.2, 0.25) is 0 Å². The Bertz CT molecular complexity index is 254. The van der Waals surface area contributed by atoms with Crippen LogP contribution in [-0.2, 0) is 0 Å². The predicted molar refractivity (Wildman–Crippen MR) is 52.9 cm³/mol. The quantitative estimate of drug-likeness (QED) is 0.756. The molecule has 13 heavy (non-hydrogen) atoms. The van der Waals surface area contributed by atoms with Crippen molar-refractivity contribution in [2.24, 2.45) is 5.73 Å². The maximum atomic E-state index is 10.6. The lowest BCUT2D eigenvalue weighted by atomic mass is 10.2. The summed E-state index contributed by atoms with van der Waals surface area (Å²) in [6.07, 6.45) is 0. The van der Waals surface area contributed by atoms with Gasteiger partial charge in [-0.3, -0.25) is 4.79 Å². The van der Waals surface area contributed by atoms with Crippen LogP contribution in [0.3, 0.4) is 0 Å². The molecule has 0 heterocycles. The number of amides is 1. The first-order valence-corrected chi connectivity index (χ1v) is 4.18. The van der Waals surface area contributed by atoms with Gasteiger partial charge in [-0.25, -0.2) is 0 Å². The van der Waals surface area contributed by atoms with E-state index >= 15 is 0 Å². The smallest absolute Gasteiger partial charge is 0.248 e. The number of hydrogen-bond donors (Lipinski definition) is 1. The van der Waals surface area contributed by atoms with Gasteiger partial charge in [0.2, 0.25) is 5.91 Å². The molecule has 1 rings (SSSR count). The lowest BCUT2D eigenvalue weighted by molar-refractivity contribution is 0.100. The lowest BCUT2D eigenvalue weighted by Gasteiger charge is -1.98. The Balaban J connectivity index is 0.000000671. The van der Waals surface area contributed by atoms with Crippen molar-refractivity contribution in [1.82, 2.24) is 0 Å². The van der Waals surface area contributed by atoms with Gasteiger partial charge in [0.25, 0.3) is 0 Å². The summed E-state index contributed by atoms with van der Waals surface area (Å²) in [7, 11) is 1.57.